The van der Waals surface area contributed by atoms with Crippen LogP contribution in [0.5, 0.6) is 5.75 Å². The third-order valence-electron chi connectivity index (χ3n) is 2.56. The number of phenolic OH excluding ortho intramolecular Hbond substituents is 1. The Morgan fingerprint density at radius 2 is 1.44 bits per heavy atom. The van der Waals surface area contributed by atoms with Gasteiger partial charge in [0.05, 0.1) is 11.1 Å². The summed E-state index contributed by atoms with van der Waals surface area (Å²) in [6.07, 6.45) is 0. The van der Waals surface area contributed by atoms with E-state index in [9.17, 15) is 18.3 Å². The molecule has 0 saturated carbocycles. The summed E-state index contributed by atoms with van der Waals surface area (Å²) in [7, 11) is -5.84. The van der Waals surface area contributed by atoms with Crippen molar-refractivity contribution in [3.63, 3.8) is 0 Å². The van der Waals surface area contributed by atoms with Crippen LogP contribution < -0.4 is 0 Å². The predicted octanol–water partition coefficient (Wildman–Crippen LogP) is 3.06. The van der Waals surface area contributed by atoms with Crippen molar-refractivity contribution >= 4 is 10.1 Å². The van der Waals surface area contributed by atoms with Crippen molar-refractivity contribution in [1.29, 1.82) is 5.26 Å². The predicted molar refractivity (Wildman–Crippen MR) is 82.8 cm³/mol. The molecule has 0 unspecified atom stereocenters. The van der Waals surface area contributed by atoms with Crippen molar-refractivity contribution in [2.45, 2.75) is 5.51 Å². The smallest absolute Gasteiger partial charge is 0.505 e. The Kier molecular flexibility index (Phi) is 6.57. The summed E-state index contributed by atoms with van der Waals surface area (Å²) in [5.74, 6) is 5.73. The van der Waals surface area contributed by atoms with Crippen LogP contribution in [0.15, 0.2) is 48.5 Å². The number of halogens is 3. The number of nitrogens with zero attached hydrogens (tertiary/aromatic N) is 1. The molecule has 0 aliphatic heterocycles. The van der Waals surface area contributed by atoms with Gasteiger partial charge < -0.3 is 5.11 Å². The van der Waals surface area contributed by atoms with Gasteiger partial charge in [0.15, 0.2) is 0 Å². The number of benzene rings is 2. The highest BCUT2D eigenvalue weighted by Crippen LogP contribution is 2.21. The van der Waals surface area contributed by atoms with Gasteiger partial charge >= 0.3 is 15.6 Å². The summed E-state index contributed by atoms with van der Waals surface area (Å²) in [4.78, 5) is 0. The molecule has 0 spiro atoms. The standard InChI is InChI=1S/C15H9NO.CHF3O3S/c16-11-14-8-4-7-13(15(14)17)10-9-12-5-2-1-3-6-12;2-1(3,4)8(5,6)7/h1-8,17H;(H,5,6,7). The largest absolute Gasteiger partial charge is 0.522 e. The molecule has 2 aromatic carbocycles. The highest BCUT2D eigenvalue weighted by atomic mass is 32.2. The van der Waals surface area contributed by atoms with Crippen LogP contribution in [0.25, 0.3) is 0 Å². The van der Waals surface area contributed by atoms with E-state index in [0.29, 0.717) is 5.56 Å². The first-order valence-corrected chi connectivity index (χ1v) is 7.83. The van der Waals surface area contributed by atoms with Gasteiger partial charge in [0.2, 0.25) is 0 Å². The fraction of sp³-hybridized carbons (Fsp3) is 0.0625. The Balaban J connectivity index is 0.000000333. The average Bonchev–Trinajstić information content (AvgIpc) is 2.53. The Bertz CT molecular complexity index is 937. The number of rotatable bonds is 0. The molecule has 0 heterocycles. The van der Waals surface area contributed by atoms with Crippen LogP contribution in [-0.4, -0.2) is 23.6 Å². The zero-order valence-corrected chi connectivity index (χ0v) is 13.1. The van der Waals surface area contributed by atoms with Gasteiger partial charge in [0.1, 0.15) is 11.8 Å². The molecule has 0 fully saturated rings. The topological polar surface area (TPSA) is 98.4 Å². The molecule has 130 valence electrons. The van der Waals surface area contributed by atoms with Crippen LogP contribution in [0.1, 0.15) is 16.7 Å². The summed E-state index contributed by atoms with van der Waals surface area (Å²) in [5, 5.41) is 18.5. The van der Waals surface area contributed by atoms with Crippen molar-refractivity contribution in [2.75, 3.05) is 0 Å². The molecule has 0 radical (unpaired) electrons. The monoisotopic (exact) mass is 369 g/mol. The van der Waals surface area contributed by atoms with Gasteiger partial charge in [-0.05, 0) is 24.3 Å². The first-order valence-electron chi connectivity index (χ1n) is 6.39. The zero-order chi connectivity index (χ0) is 19.1. The van der Waals surface area contributed by atoms with Gasteiger partial charge in [-0.15, -0.1) is 0 Å². The van der Waals surface area contributed by atoms with E-state index in [0.717, 1.165) is 5.56 Å². The maximum absolute atomic E-state index is 10.7. The van der Waals surface area contributed by atoms with Crippen molar-refractivity contribution < 1.29 is 31.2 Å². The maximum atomic E-state index is 10.7. The first-order chi connectivity index (χ1) is 11.6. The number of aromatic hydroxyl groups is 1. The van der Waals surface area contributed by atoms with Crippen molar-refractivity contribution in [3.05, 3.63) is 65.2 Å². The van der Waals surface area contributed by atoms with Gasteiger partial charge in [-0.25, -0.2) is 0 Å². The average molecular weight is 369 g/mol. The minimum Gasteiger partial charge on any atom is -0.505 e. The molecule has 9 heteroatoms. The molecule has 0 atom stereocenters. The van der Waals surface area contributed by atoms with Crippen LogP contribution in [0.3, 0.4) is 0 Å². The number of hydrogen-bond acceptors (Lipinski definition) is 4. The van der Waals surface area contributed by atoms with E-state index in [-0.39, 0.29) is 11.3 Å². The van der Waals surface area contributed by atoms with Crippen LogP contribution >= 0.6 is 0 Å². The second-order valence-corrected chi connectivity index (χ2v) is 5.76. The minimum atomic E-state index is -5.84. The van der Waals surface area contributed by atoms with Crippen molar-refractivity contribution in [3.8, 4) is 23.7 Å². The molecule has 2 aromatic rings. The fourth-order valence-electron chi connectivity index (χ4n) is 1.40. The fourth-order valence-corrected chi connectivity index (χ4v) is 1.40. The summed E-state index contributed by atoms with van der Waals surface area (Å²) in [5.41, 5.74) is -3.96. The van der Waals surface area contributed by atoms with Crippen LogP contribution in [0.4, 0.5) is 13.2 Å². The number of phenols is 1. The van der Waals surface area contributed by atoms with Gasteiger partial charge in [0.25, 0.3) is 0 Å². The number of alkyl halides is 3. The van der Waals surface area contributed by atoms with Gasteiger partial charge in [-0.1, -0.05) is 36.1 Å². The second kappa shape index (κ2) is 8.20. The highest BCUT2D eigenvalue weighted by Gasteiger charge is 2.44. The second-order valence-electron chi connectivity index (χ2n) is 4.35. The molecule has 5 nitrogen and oxygen atoms in total. The van der Waals surface area contributed by atoms with Gasteiger partial charge in [-0.3, -0.25) is 4.55 Å². The van der Waals surface area contributed by atoms with E-state index in [1.54, 1.807) is 18.2 Å². The molecule has 25 heavy (non-hydrogen) atoms. The van der Waals surface area contributed by atoms with E-state index in [2.05, 4.69) is 11.8 Å². The number of nitriles is 1. The van der Waals surface area contributed by atoms with E-state index in [1.807, 2.05) is 36.4 Å². The van der Waals surface area contributed by atoms with Gasteiger partial charge in [0, 0.05) is 5.56 Å². The lowest BCUT2D eigenvalue weighted by atomic mass is 10.1. The quantitative estimate of drug-likeness (QED) is 0.422. The Morgan fingerprint density at radius 3 is 1.92 bits per heavy atom. The number of para-hydroxylation sites is 1. The third-order valence-corrected chi connectivity index (χ3v) is 3.15. The number of hydrogen-bond donors (Lipinski definition) is 2. The lowest BCUT2D eigenvalue weighted by molar-refractivity contribution is -0.0510. The normalized spacial score (nSPS) is 10.5. The molecular weight excluding hydrogens is 359 g/mol. The Labute approximate surface area is 141 Å². The van der Waals surface area contributed by atoms with Gasteiger partial charge in [-0.2, -0.15) is 26.9 Å². The molecule has 0 aliphatic rings. The summed E-state index contributed by atoms with van der Waals surface area (Å²) in [6.45, 7) is 0. The molecule has 0 aromatic heterocycles. The molecule has 2 rings (SSSR count). The lowest BCUT2D eigenvalue weighted by Gasteiger charge is -1.97. The van der Waals surface area contributed by atoms with E-state index < -0.39 is 15.6 Å². The maximum Gasteiger partial charge on any atom is 0.522 e. The molecule has 0 bridgehead atoms. The van der Waals surface area contributed by atoms with Crippen molar-refractivity contribution in [1.82, 2.24) is 0 Å². The van der Waals surface area contributed by atoms with E-state index in [4.69, 9.17) is 18.2 Å². The Morgan fingerprint density at radius 1 is 0.920 bits per heavy atom. The zero-order valence-electron chi connectivity index (χ0n) is 12.3. The molecular formula is C16H10F3NO4S. The first kappa shape index (κ1) is 20.0. The van der Waals surface area contributed by atoms with Crippen LogP contribution in [0.2, 0.25) is 0 Å². The van der Waals surface area contributed by atoms with E-state index >= 15 is 0 Å². The molecule has 0 aliphatic carbocycles. The SMILES string of the molecule is N#Cc1cccc(C#Cc2ccccc2)c1O.O=S(=O)(O)C(F)(F)F. The lowest BCUT2D eigenvalue weighted by Crippen LogP contribution is -2.21. The minimum absolute atomic E-state index is 0.0570. The van der Waals surface area contributed by atoms with Crippen LogP contribution in [-0.2, 0) is 10.1 Å². The van der Waals surface area contributed by atoms with Crippen LogP contribution in [0, 0.1) is 23.2 Å². The summed E-state index contributed by atoms with van der Waals surface area (Å²) < 4.78 is 57.5. The summed E-state index contributed by atoms with van der Waals surface area (Å²) in [6, 6.07) is 16.3. The summed E-state index contributed by atoms with van der Waals surface area (Å²) >= 11 is 0. The Hall–Kier alpha value is -3.01. The highest BCUT2D eigenvalue weighted by molar-refractivity contribution is 7.86. The third kappa shape index (κ3) is 6.18. The molecule has 0 saturated heterocycles. The van der Waals surface area contributed by atoms with Crippen molar-refractivity contribution in [2.24, 2.45) is 0 Å². The van der Waals surface area contributed by atoms with E-state index in [1.165, 1.54) is 0 Å². The molecule has 2 N–H and O–H groups in total. The molecule has 0 amide bonds.